The molecule has 66 valence electrons. The van der Waals surface area contributed by atoms with Crippen molar-refractivity contribution in [2.45, 2.75) is 6.92 Å². The molecule has 0 saturated carbocycles. The van der Waals surface area contributed by atoms with Crippen molar-refractivity contribution in [1.82, 2.24) is 0 Å². The monoisotopic (exact) mass is 240 g/mol. The van der Waals surface area contributed by atoms with E-state index in [0.29, 0.717) is 0 Å². The predicted octanol–water partition coefficient (Wildman–Crippen LogP) is 1.79. The summed E-state index contributed by atoms with van der Waals surface area (Å²) in [5, 5.41) is 7.89. The standard InChI is InChI=1S/C4H6O2.2ClH.Cr.2O/c1-3(2)4(5)6;;;;;/h1H2,2H3,(H,5,6);2*1H;;;/q;;;+2;;/p-2. The van der Waals surface area contributed by atoms with Crippen LogP contribution in [0, 0.1) is 0 Å². The predicted molar refractivity (Wildman–Crippen MR) is 35.5 cm³/mol. The molecule has 0 aromatic carbocycles. The van der Waals surface area contributed by atoms with Crippen molar-refractivity contribution in [2.75, 3.05) is 0 Å². The number of hydrogen-bond donors (Lipinski definition) is 1. The van der Waals surface area contributed by atoms with Crippen molar-refractivity contribution in [2.24, 2.45) is 0 Å². The molecule has 0 spiro atoms. The van der Waals surface area contributed by atoms with Crippen LogP contribution < -0.4 is 0 Å². The molecule has 0 aliphatic carbocycles. The van der Waals surface area contributed by atoms with Crippen LogP contribution in [0.5, 0.6) is 0 Å². The van der Waals surface area contributed by atoms with Gasteiger partial charge in [-0.15, -0.1) is 0 Å². The van der Waals surface area contributed by atoms with Gasteiger partial charge in [-0.3, -0.25) is 0 Å². The normalized spacial score (nSPS) is 9.36. The summed E-state index contributed by atoms with van der Waals surface area (Å²) in [6, 6.07) is 0. The molecule has 0 bridgehead atoms. The van der Waals surface area contributed by atoms with E-state index in [1.165, 1.54) is 6.92 Å². The van der Waals surface area contributed by atoms with Gasteiger partial charge >= 0.3 is 44.8 Å². The Bertz CT molecular complexity index is 223. The molecule has 11 heavy (non-hydrogen) atoms. The minimum atomic E-state index is -4.31. The van der Waals surface area contributed by atoms with Gasteiger partial charge in [-0.25, -0.2) is 4.79 Å². The summed E-state index contributed by atoms with van der Waals surface area (Å²) in [6.07, 6.45) is 0. The summed E-state index contributed by atoms with van der Waals surface area (Å²) in [7, 11) is 8.68. The van der Waals surface area contributed by atoms with Crippen LogP contribution in [0.4, 0.5) is 0 Å². The van der Waals surface area contributed by atoms with E-state index in [1.807, 2.05) is 0 Å². The quantitative estimate of drug-likeness (QED) is 0.710. The van der Waals surface area contributed by atoms with Crippen molar-refractivity contribution in [3.63, 3.8) is 0 Å². The third kappa shape index (κ3) is 40.5. The molecule has 0 heterocycles. The molecule has 7 heteroatoms. The number of halogens is 2. The van der Waals surface area contributed by atoms with Crippen molar-refractivity contribution < 1.29 is 28.6 Å². The summed E-state index contributed by atoms with van der Waals surface area (Å²) >= 11 is -4.31. The Morgan fingerprint density at radius 1 is 1.45 bits per heavy atom. The van der Waals surface area contributed by atoms with Gasteiger partial charge in [0.15, 0.2) is 0 Å². The fourth-order valence-electron chi connectivity index (χ4n) is 0. The van der Waals surface area contributed by atoms with Gasteiger partial charge in [0.2, 0.25) is 0 Å². The fraction of sp³-hybridized carbons (Fsp3) is 0.250. The van der Waals surface area contributed by atoms with Crippen LogP contribution >= 0.6 is 20.1 Å². The zero-order chi connectivity index (χ0) is 9.65. The molecule has 0 fully saturated rings. The zero-order valence-corrected chi connectivity index (χ0v) is 8.33. The van der Waals surface area contributed by atoms with Gasteiger partial charge in [-0.2, -0.15) is 0 Å². The Labute approximate surface area is 73.9 Å². The van der Waals surface area contributed by atoms with Gasteiger partial charge in [0.05, 0.1) is 0 Å². The summed E-state index contributed by atoms with van der Waals surface area (Å²) in [5.41, 5.74) is 0.176. The van der Waals surface area contributed by atoms with Crippen LogP contribution in [-0.2, 0) is 23.5 Å². The van der Waals surface area contributed by atoms with Crippen LogP contribution in [0.25, 0.3) is 0 Å². The van der Waals surface area contributed by atoms with Crippen molar-refractivity contribution in [1.29, 1.82) is 0 Å². The van der Waals surface area contributed by atoms with Gasteiger partial charge in [0.25, 0.3) is 0 Å². The van der Waals surface area contributed by atoms with Crippen LogP contribution in [-0.4, -0.2) is 11.1 Å². The Morgan fingerprint density at radius 3 is 1.55 bits per heavy atom. The van der Waals surface area contributed by atoms with Crippen molar-refractivity contribution in [3.05, 3.63) is 12.2 Å². The molecule has 1 N–H and O–H groups in total. The van der Waals surface area contributed by atoms with E-state index in [0.717, 1.165) is 0 Å². The molecular formula is C4H6Cl2CrO4. The molecule has 4 nitrogen and oxygen atoms in total. The summed E-state index contributed by atoms with van der Waals surface area (Å²) in [5.74, 6) is -0.935. The van der Waals surface area contributed by atoms with E-state index < -0.39 is 17.1 Å². The van der Waals surface area contributed by atoms with Gasteiger partial charge < -0.3 is 5.11 Å². The Hall–Kier alpha value is -0.0775. The number of carbonyl (C=O) groups is 1. The summed E-state index contributed by atoms with van der Waals surface area (Å²) in [4.78, 5) is 9.60. The average Bonchev–Trinajstić information content (AvgIpc) is 1.59. The molecule has 0 aliphatic heterocycles. The van der Waals surface area contributed by atoms with E-state index in [-0.39, 0.29) is 5.57 Å². The molecule has 0 rings (SSSR count). The van der Waals surface area contributed by atoms with E-state index in [9.17, 15) is 12.4 Å². The number of rotatable bonds is 1. The van der Waals surface area contributed by atoms with Gasteiger partial charge in [-0.1, -0.05) is 6.58 Å². The molecule has 0 unspecified atom stereocenters. The molecule has 0 saturated heterocycles. The number of carboxylic acid groups (broad SMARTS) is 1. The first kappa shape index (κ1) is 13.5. The molecular weight excluding hydrogens is 235 g/mol. The van der Waals surface area contributed by atoms with E-state index in [1.54, 1.807) is 0 Å². The first-order valence-corrected chi connectivity index (χ1v) is 6.72. The fourth-order valence-corrected chi connectivity index (χ4v) is 0. The second kappa shape index (κ2) is 5.56. The van der Waals surface area contributed by atoms with Crippen molar-refractivity contribution in [3.8, 4) is 0 Å². The summed E-state index contributed by atoms with van der Waals surface area (Å²) < 4.78 is 18.5. The van der Waals surface area contributed by atoms with Crippen molar-refractivity contribution >= 4 is 26.1 Å². The number of carboxylic acids is 1. The number of aliphatic carboxylic acids is 1. The van der Waals surface area contributed by atoms with Gasteiger partial charge in [0.1, 0.15) is 0 Å². The molecule has 0 aromatic rings. The third-order valence-electron chi connectivity index (χ3n) is 0.365. The second-order valence-electron chi connectivity index (χ2n) is 1.46. The maximum atomic E-state index is 9.60. The molecule has 0 radical (unpaired) electrons. The topological polar surface area (TPSA) is 71.4 Å². The Balaban J connectivity index is 0. The molecule has 0 aromatic heterocycles. The van der Waals surface area contributed by atoms with Crippen LogP contribution in [0.15, 0.2) is 12.2 Å². The van der Waals surface area contributed by atoms with E-state index >= 15 is 0 Å². The van der Waals surface area contributed by atoms with E-state index in [2.05, 4.69) is 26.7 Å². The Morgan fingerprint density at radius 2 is 1.55 bits per heavy atom. The minimum absolute atomic E-state index is 0.176. The number of hydrogen-bond acceptors (Lipinski definition) is 3. The Kier molecular flexibility index (Phi) is 6.82. The first-order chi connectivity index (χ1) is 4.64. The van der Waals surface area contributed by atoms with Crippen LogP contribution in [0.2, 0.25) is 0 Å². The molecule has 0 aliphatic rings. The van der Waals surface area contributed by atoms with Gasteiger partial charge in [0, 0.05) is 5.57 Å². The third-order valence-corrected chi connectivity index (χ3v) is 0.365. The maximum absolute atomic E-state index is 9.60. The molecule has 0 atom stereocenters. The van der Waals surface area contributed by atoms with Gasteiger partial charge in [-0.05, 0) is 6.92 Å². The average molecular weight is 241 g/mol. The molecule has 0 amide bonds. The zero-order valence-electron chi connectivity index (χ0n) is 5.54. The summed E-state index contributed by atoms with van der Waals surface area (Å²) in [6.45, 7) is 4.60. The SMILES string of the molecule is C=C(C)C(=O)O.[O]=[Cr](=[O])([Cl])[Cl]. The first-order valence-electron chi connectivity index (χ1n) is 2.17. The van der Waals surface area contributed by atoms with Crippen LogP contribution in [0.1, 0.15) is 6.92 Å². The van der Waals surface area contributed by atoms with Crippen LogP contribution in [0.3, 0.4) is 0 Å². The second-order valence-corrected chi connectivity index (χ2v) is 6.65. The van der Waals surface area contributed by atoms with E-state index in [4.69, 9.17) is 5.11 Å².